The Bertz CT molecular complexity index is 280. The third kappa shape index (κ3) is 9.30. The minimum Gasteiger partial charge on any atom is -0.462 e. The van der Waals surface area contributed by atoms with E-state index in [9.17, 15) is 9.59 Å². The largest absolute Gasteiger partial charge is 0.462 e. The average Bonchev–Trinajstić information content (AvgIpc) is 2.32. The highest BCUT2D eigenvalue weighted by Gasteiger charge is 2.15. The Balaban J connectivity index is 3.77. The minimum atomic E-state index is -0.448. The van der Waals surface area contributed by atoms with Crippen LogP contribution in [0.2, 0.25) is 0 Å². The fraction of sp³-hybridized carbons (Fsp3) is 0.846. The van der Waals surface area contributed by atoms with E-state index in [0.29, 0.717) is 18.9 Å². The van der Waals surface area contributed by atoms with Gasteiger partial charge in [0.25, 0.3) is 0 Å². The van der Waals surface area contributed by atoms with Gasteiger partial charge in [0.15, 0.2) is 0 Å². The fourth-order valence-corrected chi connectivity index (χ4v) is 1.64. The van der Waals surface area contributed by atoms with Crippen LogP contribution >= 0.6 is 0 Å². The lowest BCUT2D eigenvalue weighted by atomic mass is 9.94. The maximum Gasteiger partial charge on any atom is 0.409 e. The second kappa shape index (κ2) is 9.61. The molecule has 112 valence electrons. The summed E-state index contributed by atoms with van der Waals surface area (Å²) in [6, 6.07) is 0. The van der Waals surface area contributed by atoms with Crippen LogP contribution < -0.4 is 5.73 Å². The first-order valence-electron chi connectivity index (χ1n) is 6.56. The number of nitrogens with zero attached hydrogens (tertiary/aromatic N) is 1. The van der Waals surface area contributed by atoms with E-state index in [-0.39, 0.29) is 25.1 Å². The molecule has 0 aliphatic rings. The predicted molar refractivity (Wildman–Crippen MR) is 72.6 cm³/mol. The molecule has 0 aliphatic heterocycles. The molecule has 0 saturated carbocycles. The van der Waals surface area contributed by atoms with Crippen molar-refractivity contribution < 1.29 is 19.1 Å². The summed E-state index contributed by atoms with van der Waals surface area (Å²) in [4.78, 5) is 23.9. The highest BCUT2D eigenvalue weighted by molar-refractivity contribution is 5.69. The number of hydrogen-bond acceptors (Lipinski definition) is 5. The van der Waals surface area contributed by atoms with Gasteiger partial charge in [0.1, 0.15) is 13.2 Å². The second-order valence-corrected chi connectivity index (χ2v) is 5.16. The van der Waals surface area contributed by atoms with Crippen molar-refractivity contribution in [3.63, 3.8) is 0 Å². The van der Waals surface area contributed by atoms with Crippen molar-refractivity contribution in [2.75, 3.05) is 33.9 Å². The van der Waals surface area contributed by atoms with E-state index in [2.05, 4.69) is 13.8 Å². The zero-order chi connectivity index (χ0) is 14.8. The monoisotopic (exact) mass is 274 g/mol. The molecule has 0 saturated heterocycles. The summed E-state index contributed by atoms with van der Waals surface area (Å²) < 4.78 is 9.83. The molecular weight excluding hydrogens is 248 g/mol. The van der Waals surface area contributed by atoms with Gasteiger partial charge in [0, 0.05) is 20.5 Å². The molecule has 0 bridgehead atoms. The van der Waals surface area contributed by atoms with Crippen LogP contribution in [0.3, 0.4) is 0 Å². The van der Waals surface area contributed by atoms with Gasteiger partial charge in [-0.2, -0.15) is 0 Å². The standard InChI is InChI=1S/C13H26N2O4/c1-10(2)7-11(9-14)8-12(16)18-5-6-19-13(17)15(3)4/h10-11H,5-9,14H2,1-4H3/t11-/m0/s1. The van der Waals surface area contributed by atoms with Crippen molar-refractivity contribution in [3.8, 4) is 0 Å². The van der Waals surface area contributed by atoms with Crippen molar-refractivity contribution in [3.05, 3.63) is 0 Å². The third-order valence-electron chi connectivity index (χ3n) is 2.53. The van der Waals surface area contributed by atoms with Gasteiger partial charge in [-0.15, -0.1) is 0 Å². The number of carbonyl (C=O) groups excluding carboxylic acids is 2. The Labute approximate surface area is 115 Å². The SMILES string of the molecule is CC(C)C[C@H](CN)CC(=O)OCCOC(=O)N(C)C. The molecule has 0 aromatic carbocycles. The van der Waals surface area contributed by atoms with E-state index in [1.54, 1.807) is 14.1 Å². The van der Waals surface area contributed by atoms with E-state index < -0.39 is 6.09 Å². The zero-order valence-corrected chi connectivity index (χ0v) is 12.3. The maximum absolute atomic E-state index is 11.5. The van der Waals surface area contributed by atoms with Crippen LogP contribution in [0, 0.1) is 11.8 Å². The van der Waals surface area contributed by atoms with Gasteiger partial charge in [-0.1, -0.05) is 13.8 Å². The molecule has 19 heavy (non-hydrogen) atoms. The molecule has 0 spiro atoms. The molecule has 0 unspecified atom stereocenters. The summed E-state index contributed by atoms with van der Waals surface area (Å²) >= 11 is 0. The summed E-state index contributed by atoms with van der Waals surface area (Å²) in [5, 5.41) is 0. The summed E-state index contributed by atoms with van der Waals surface area (Å²) in [7, 11) is 3.18. The summed E-state index contributed by atoms with van der Waals surface area (Å²) in [6.45, 7) is 4.81. The molecule has 0 aromatic rings. The second-order valence-electron chi connectivity index (χ2n) is 5.16. The number of ether oxygens (including phenoxy) is 2. The summed E-state index contributed by atoms with van der Waals surface area (Å²) in [6.07, 6.45) is 0.771. The number of nitrogens with two attached hydrogens (primary N) is 1. The van der Waals surface area contributed by atoms with Gasteiger partial charge >= 0.3 is 12.1 Å². The number of rotatable bonds is 8. The van der Waals surface area contributed by atoms with Crippen LogP contribution in [0.15, 0.2) is 0 Å². The molecule has 0 radical (unpaired) electrons. The number of hydrogen-bond donors (Lipinski definition) is 1. The minimum absolute atomic E-state index is 0.0697. The number of carbonyl (C=O) groups is 2. The van der Waals surface area contributed by atoms with E-state index in [1.165, 1.54) is 4.90 Å². The highest BCUT2D eigenvalue weighted by atomic mass is 16.6. The van der Waals surface area contributed by atoms with E-state index in [4.69, 9.17) is 15.2 Å². The maximum atomic E-state index is 11.5. The van der Waals surface area contributed by atoms with Crippen LogP contribution in [-0.2, 0) is 14.3 Å². The van der Waals surface area contributed by atoms with Gasteiger partial charge in [-0.05, 0) is 24.8 Å². The Morgan fingerprint density at radius 3 is 2.21 bits per heavy atom. The number of esters is 1. The molecular formula is C13H26N2O4. The molecule has 1 amide bonds. The van der Waals surface area contributed by atoms with Crippen LogP contribution in [-0.4, -0.2) is 50.8 Å². The Hall–Kier alpha value is -1.30. The van der Waals surface area contributed by atoms with Crippen molar-refractivity contribution >= 4 is 12.1 Å². The topological polar surface area (TPSA) is 81.9 Å². The average molecular weight is 274 g/mol. The Morgan fingerprint density at radius 2 is 1.74 bits per heavy atom. The van der Waals surface area contributed by atoms with E-state index in [1.807, 2.05) is 0 Å². The van der Waals surface area contributed by atoms with Gasteiger partial charge in [-0.25, -0.2) is 4.79 Å². The predicted octanol–water partition coefficient (Wildman–Crippen LogP) is 1.24. The molecule has 0 heterocycles. The van der Waals surface area contributed by atoms with Crippen LogP contribution in [0.1, 0.15) is 26.7 Å². The first kappa shape index (κ1) is 17.7. The molecule has 6 nitrogen and oxygen atoms in total. The van der Waals surface area contributed by atoms with Crippen LogP contribution in [0.4, 0.5) is 4.79 Å². The molecule has 1 atom stereocenters. The van der Waals surface area contributed by atoms with Gasteiger partial charge < -0.3 is 20.1 Å². The molecule has 0 rings (SSSR count). The molecule has 2 N–H and O–H groups in total. The lowest BCUT2D eigenvalue weighted by molar-refractivity contribution is -0.145. The smallest absolute Gasteiger partial charge is 0.409 e. The van der Waals surface area contributed by atoms with Gasteiger partial charge in [0.2, 0.25) is 0 Å². The molecule has 0 aromatic heterocycles. The Kier molecular flexibility index (Phi) is 8.95. The van der Waals surface area contributed by atoms with Crippen molar-refractivity contribution in [1.29, 1.82) is 0 Å². The lowest BCUT2D eigenvalue weighted by Crippen LogP contribution is -2.25. The zero-order valence-electron chi connectivity index (χ0n) is 12.3. The van der Waals surface area contributed by atoms with E-state index in [0.717, 1.165) is 6.42 Å². The van der Waals surface area contributed by atoms with Crippen molar-refractivity contribution in [2.24, 2.45) is 17.6 Å². The number of amides is 1. The van der Waals surface area contributed by atoms with Crippen molar-refractivity contribution in [2.45, 2.75) is 26.7 Å². The first-order chi connectivity index (χ1) is 8.86. The first-order valence-corrected chi connectivity index (χ1v) is 6.56. The third-order valence-corrected chi connectivity index (χ3v) is 2.53. The van der Waals surface area contributed by atoms with Crippen molar-refractivity contribution in [1.82, 2.24) is 4.90 Å². The molecule has 0 aliphatic carbocycles. The Morgan fingerprint density at radius 1 is 1.16 bits per heavy atom. The highest BCUT2D eigenvalue weighted by Crippen LogP contribution is 2.14. The lowest BCUT2D eigenvalue weighted by Gasteiger charge is -2.16. The quantitative estimate of drug-likeness (QED) is 0.532. The van der Waals surface area contributed by atoms with Gasteiger partial charge in [0.05, 0.1) is 0 Å². The normalized spacial score (nSPS) is 12.1. The molecule has 0 fully saturated rings. The fourth-order valence-electron chi connectivity index (χ4n) is 1.64. The van der Waals surface area contributed by atoms with Gasteiger partial charge in [-0.3, -0.25) is 4.79 Å². The summed E-state index contributed by atoms with van der Waals surface area (Å²) in [5.41, 5.74) is 5.61. The van der Waals surface area contributed by atoms with E-state index >= 15 is 0 Å². The van der Waals surface area contributed by atoms with Crippen LogP contribution in [0.5, 0.6) is 0 Å². The van der Waals surface area contributed by atoms with Crippen LogP contribution in [0.25, 0.3) is 0 Å². The molecule has 6 heteroatoms. The summed E-state index contributed by atoms with van der Waals surface area (Å²) in [5.74, 6) is 0.358.